The molecule has 35 heavy (non-hydrogen) atoms. The number of hydrogen-bond acceptors (Lipinski definition) is 7. The normalized spacial score (nSPS) is 29.2. The van der Waals surface area contributed by atoms with E-state index in [9.17, 15) is 4.79 Å². The van der Waals surface area contributed by atoms with E-state index >= 15 is 0 Å². The number of carbonyl (C=O) groups excluding carboxylic acids is 1. The van der Waals surface area contributed by atoms with Crippen molar-refractivity contribution in [1.82, 2.24) is 15.3 Å². The van der Waals surface area contributed by atoms with Crippen molar-refractivity contribution >= 4 is 40.6 Å². The molecule has 2 heterocycles. The molecule has 4 atom stereocenters. The summed E-state index contributed by atoms with van der Waals surface area (Å²) in [5.74, 6) is 1.90. The SMILES string of the molecule is CNC(=O)[C@H]1C[C@@H]2C[C@H](C2(C)C)[C@@]1(C)Nc1cc(Cl)nc(Nc2ccc(N3CCOCC3)cc2)n1. The Morgan fingerprint density at radius 3 is 2.49 bits per heavy atom. The number of rotatable bonds is 6. The van der Waals surface area contributed by atoms with Gasteiger partial charge in [0.25, 0.3) is 0 Å². The minimum absolute atomic E-state index is 0.0732. The third-order valence-electron chi connectivity index (χ3n) is 8.59. The second kappa shape index (κ2) is 9.13. The lowest BCUT2D eigenvalue weighted by atomic mass is 9.40. The molecule has 3 aliphatic carbocycles. The van der Waals surface area contributed by atoms with Gasteiger partial charge in [0, 0.05) is 37.6 Å². The number of nitrogens with one attached hydrogen (secondary N) is 3. The molecule has 8 nitrogen and oxygen atoms in total. The first kappa shape index (κ1) is 24.1. The lowest BCUT2D eigenvalue weighted by Gasteiger charge is -2.66. The summed E-state index contributed by atoms with van der Waals surface area (Å²) in [4.78, 5) is 24.3. The summed E-state index contributed by atoms with van der Waals surface area (Å²) in [5.41, 5.74) is 1.78. The van der Waals surface area contributed by atoms with Gasteiger partial charge in [-0.15, -0.1) is 0 Å². The van der Waals surface area contributed by atoms with Gasteiger partial charge in [-0.2, -0.15) is 4.98 Å². The number of halogens is 1. The molecule has 1 aromatic heterocycles. The van der Waals surface area contributed by atoms with E-state index in [0.717, 1.165) is 44.8 Å². The third kappa shape index (κ3) is 4.42. The predicted octanol–water partition coefficient (Wildman–Crippen LogP) is 4.31. The maximum atomic E-state index is 12.8. The summed E-state index contributed by atoms with van der Waals surface area (Å²) in [6, 6.07) is 9.94. The first-order chi connectivity index (χ1) is 16.7. The zero-order valence-corrected chi connectivity index (χ0v) is 21.7. The van der Waals surface area contributed by atoms with Gasteiger partial charge in [0.1, 0.15) is 11.0 Å². The molecule has 2 bridgehead atoms. The van der Waals surface area contributed by atoms with Crippen molar-refractivity contribution in [3.8, 4) is 0 Å². The summed E-state index contributed by atoms with van der Waals surface area (Å²) in [6.07, 6.45) is 1.98. The van der Waals surface area contributed by atoms with Gasteiger partial charge in [-0.1, -0.05) is 25.4 Å². The minimum Gasteiger partial charge on any atom is -0.378 e. The highest BCUT2D eigenvalue weighted by molar-refractivity contribution is 6.29. The first-order valence-corrected chi connectivity index (χ1v) is 12.8. The van der Waals surface area contributed by atoms with Crippen LogP contribution in [0.5, 0.6) is 0 Å². The molecule has 1 amide bonds. The van der Waals surface area contributed by atoms with Crippen molar-refractivity contribution in [1.29, 1.82) is 0 Å². The minimum atomic E-state index is -0.437. The lowest BCUT2D eigenvalue weighted by molar-refractivity contribution is -0.155. The van der Waals surface area contributed by atoms with Crippen LogP contribution < -0.4 is 20.9 Å². The van der Waals surface area contributed by atoms with E-state index in [2.05, 4.69) is 58.7 Å². The molecule has 188 valence electrons. The average Bonchev–Trinajstić information content (AvgIpc) is 2.83. The predicted molar refractivity (Wildman–Crippen MR) is 139 cm³/mol. The maximum Gasteiger partial charge on any atom is 0.230 e. The number of carbonyl (C=O) groups is 1. The van der Waals surface area contributed by atoms with Gasteiger partial charge in [-0.25, -0.2) is 4.98 Å². The number of aromatic nitrogens is 2. The second-order valence-corrected chi connectivity index (χ2v) is 11.2. The lowest BCUT2D eigenvalue weighted by Crippen LogP contribution is -2.69. The van der Waals surface area contributed by atoms with Crippen LogP contribution in [0, 0.1) is 23.2 Å². The van der Waals surface area contributed by atoms with Crippen LogP contribution in [0.4, 0.5) is 23.1 Å². The summed E-state index contributed by atoms with van der Waals surface area (Å²) < 4.78 is 5.44. The molecule has 3 saturated carbocycles. The van der Waals surface area contributed by atoms with Crippen molar-refractivity contribution in [3.63, 3.8) is 0 Å². The van der Waals surface area contributed by atoms with Crippen LogP contribution in [0.25, 0.3) is 0 Å². The van der Waals surface area contributed by atoms with Gasteiger partial charge in [0.15, 0.2) is 0 Å². The van der Waals surface area contributed by atoms with E-state index in [1.807, 2.05) is 12.1 Å². The number of ether oxygens (including phenoxy) is 1. The Hall–Kier alpha value is -2.58. The number of amides is 1. The van der Waals surface area contributed by atoms with E-state index in [4.69, 9.17) is 21.3 Å². The highest BCUT2D eigenvalue weighted by Gasteiger charge is 2.64. The molecule has 1 aliphatic heterocycles. The Balaban J connectivity index is 1.35. The van der Waals surface area contributed by atoms with Crippen LogP contribution in [0.15, 0.2) is 30.3 Å². The summed E-state index contributed by atoms with van der Waals surface area (Å²) >= 11 is 6.41. The fourth-order valence-corrected chi connectivity index (χ4v) is 6.64. The highest BCUT2D eigenvalue weighted by atomic mass is 35.5. The van der Waals surface area contributed by atoms with E-state index in [-0.39, 0.29) is 17.2 Å². The standard InChI is InChI=1S/C26H35ClN6O2/c1-25(2)16-13-19(23(34)28-4)26(3,20(25)14-16)32-22-15-21(27)30-24(31-22)29-17-5-7-18(8-6-17)33-9-11-35-12-10-33/h5-8,15-16,19-20H,9-14H2,1-4H3,(H,28,34)(H2,29,30,31,32)/t16-,19-,20-,26+/m1/s1. The molecule has 4 fully saturated rings. The number of benzene rings is 1. The molecule has 1 aromatic carbocycles. The summed E-state index contributed by atoms with van der Waals surface area (Å²) in [6.45, 7) is 10.1. The van der Waals surface area contributed by atoms with Gasteiger partial charge < -0.3 is 25.6 Å². The van der Waals surface area contributed by atoms with Crippen LogP contribution in [-0.2, 0) is 9.53 Å². The molecular weight excluding hydrogens is 464 g/mol. The fraction of sp³-hybridized carbons (Fsp3) is 0.577. The van der Waals surface area contributed by atoms with Crippen molar-refractivity contribution in [2.75, 3.05) is 48.9 Å². The Bertz CT molecular complexity index is 1090. The van der Waals surface area contributed by atoms with Gasteiger partial charge in [0.05, 0.1) is 24.7 Å². The van der Waals surface area contributed by atoms with Gasteiger partial charge in [-0.05, 0) is 61.3 Å². The van der Waals surface area contributed by atoms with Crippen molar-refractivity contribution in [3.05, 3.63) is 35.5 Å². The Morgan fingerprint density at radius 1 is 1.11 bits per heavy atom. The van der Waals surface area contributed by atoms with Crippen LogP contribution in [0.2, 0.25) is 5.15 Å². The molecule has 9 heteroatoms. The van der Waals surface area contributed by atoms with Crippen molar-refractivity contribution in [2.45, 2.75) is 39.2 Å². The average molecular weight is 499 g/mol. The zero-order chi connectivity index (χ0) is 24.8. The Morgan fingerprint density at radius 2 is 1.83 bits per heavy atom. The van der Waals surface area contributed by atoms with Crippen LogP contribution in [0.3, 0.4) is 0 Å². The molecule has 0 unspecified atom stereocenters. The summed E-state index contributed by atoms with van der Waals surface area (Å²) in [7, 11) is 1.71. The largest absolute Gasteiger partial charge is 0.378 e. The Labute approximate surface area is 212 Å². The summed E-state index contributed by atoms with van der Waals surface area (Å²) in [5, 5.41) is 10.1. The molecular formula is C26H35ClN6O2. The van der Waals surface area contributed by atoms with E-state index in [1.165, 1.54) is 5.69 Å². The molecule has 2 aromatic rings. The second-order valence-electron chi connectivity index (χ2n) is 10.8. The van der Waals surface area contributed by atoms with Crippen molar-refractivity contribution < 1.29 is 9.53 Å². The molecule has 1 saturated heterocycles. The Kier molecular flexibility index (Phi) is 6.30. The van der Waals surface area contributed by atoms with E-state index < -0.39 is 5.54 Å². The zero-order valence-electron chi connectivity index (χ0n) is 20.9. The maximum absolute atomic E-state index is 12.8. The first-order valence-electron chi connectivity index (χ1n) is 12.4. The monoisotopic (exact) mass is 498 g/mol. The molecule has 0 spiro atoms. The van der Waals surface area contributed by atoms with Gasteiger partial charge >= 0.3 is 0 Å². The topological polar surface area (TPSA) is 91.4 Å². The van der Waals surface area contributed by atoms with Gasteiger partial charge in [-0.3, -0.25) is 4.79 Å². The van der Waals surface area contributed by atoms with Crippen LogP contribution >= 0.6 is 11.6 Å². The number of hydrogen-bond donors (Lipinski definition) is 3. The van der Waals surface area contributed by atoms with E-state index in [1.54, 1.807) is 13.1 Å². The number of nitrogens with zero attached hydrogens (tertiary/aromatic N) is 3. The quantitative estimate of drug-likeness (QED) is 0.511. The number of fused-ring (bicyclic) bond motifs is 2. The smallest absolute Gasteiger partial charge is 0.230 e. The van der Waals surface area contributed by atoms with Gasteiger partial charge in [0.2, 0.25) is 11.9 Å². The molecule has 6 rings (SSSR count). The molecule has 4 aliphatic rings. The molecule has 3 N–H and O–H groups in total. The number of anilines is 4. The fourth-order valence-electron chi connectivity index (χ4n) is 6.45. The third-order valence-corrected chi connectivity index (χ3v) is 8.79. The van der Waals surface area contributed by atoms with Crippen molar-refractivity contribution in [2.24, 2.45) is 23.2 Å². The number of morpholine rings is 1. The van der Waals surface area contributed by atoms with E-state index in [0.29, 0.717) is 28.8 Å². The highest BCUT2D eigenvalue weighted by Crippen LogP contribution is 2.65. The van der Waals surface area contributed by atoms with Crippen LogP contribution in [0.1, 0.15) is 33.6 Å². The van der Waals surface area contributed by atoms with Crippen LogP contribution in [-0.4, -0.2) is 54.8 Å². The molecule has 0 radical (unpaired) electrons.